The predicted octanol–water partition coefficient (Wildman–Crippen LogP) is 2.55. The number of nitrogens with one attached hydrogen (secondary N) is 1. The zero-order valence-corrected chi connectivity index (χ0v) is 11.5. The summed E-state index contributed by atoms with van der Waals surface area (Å²) in [6, 6.07) is 10.3. The van der Waals surface area contributed by atoms with E-state index >= 15 is 0 Å². The van der Waals surface area contributed by atoms with Crippen molar-refractivity contribution < 1.29 is 9.53 Å². The fourth-order valence-electron chi connectivity index (χ4n) is 1.97. The Kier molecular flexibility index (Phi) is 6.44. The highest BCUT2D eigenvalue weighted by Gasteiger charge is 2.19. The third kappa shape index (κ3) is 4.88. The fourth-order valence-corrected chi connectivity index (χ4v) is 1.97. The SMILES string of the molecule is CCOC(=O)C(CC)NC(C)Cc1ccccc1. The minimum atomic E-state index is -0.205. The van der Waals surface area contributed by atoms with E-state index < -0.39 is 0 Å². The van der Waals surface area contributed by atoms with E-state index in [0.29, 0.717) is 6.61 Å². The van der Waals surface area contributed by atoms with Gasteiger partial charge >= 0.3 is 5.97 Å². The third-order valence-electron chi connectivity index (χ3n) is 2.85. The summed E-state index contributed by atoms with van der Waals surface area (Å²) in [4.78, 5) is 11.7. The van der Waals surface area contributed by atoms with Crippen LogP contribution in [0.15, 0.2) is 30.3 Å². The van der Waals surface area contributed by atoms with Gasteiger partial charge in [0, 0.05) is 6.04 Å². The maximum atomic E-state index is 11.7. The smallest absolute Gasteiger partial charge is 0.323 e. The highest BCUT2D eigenvalue weighted by molar-refractivity contribution is 5.75. The number of ether oxygens (including phenoxy) is 1. The zero-order chi connectivity index (χ0) is 13.4. The molecule has 1 aromatic rings. The second-order valence-corrected chi connectivity index (χ2v) is 4.47. The van der Waals surface area contributed by atoms with Crippen molar-refractivity contribution in [3.05, 3.63) is 35.9 Å². The number of benzene rings is 1. The van der Waals surface area contributed by atoms with Gasteiger partial charge in [0.25, 0.3) is 0 Å². The van der Waals surface area contributed by atoms with E-state index in [9.17, 15) is 4.79 Å². The van der Waals surface area contributed by atoms with Gasteiger partial charge in [-0.2, -0.15) is 0 Å². The van der Waals surface area contributed by atoms with Gasteiger partial charge in [0.1, 0.15) is 6.04 Å². The van der Waals surface area contributed by atoms with Crippen LogP contribution in [0.4, 0.5) is 0 Å². The Morgan fingerprint density at radius 1 is 1.28 bits per heavy atom. The maximum absolute atomic E-state index is 11.7. The first-order valence-electron chi connectivity index (χ1n) is 6.64. The van der Waals surface area contributed by atoms with Gasteiger partial charge in [0.05, 0.1) is 6.61 Å². The molecule has 18 heavy (non-hydrogen) atoms. The molecular formula is C15H23NO2. The summed E-state index contributed by atoms with van der Waals surface area (Å²) >= 11 is 0. The molecule has 0 aliphatic heterocycles. The molecule has 2 unspecified atom stereocenters. The van der Waals surface area contributed by atoms with Crippen LogP contribution in [0.3, 0.4) is 0 Å². The van der Waals surface area contributed by atoms with Crippen molar-refractivity contribution in [1.29, 1.82) is 0 Å². The number of carbonyl (C=O) groups excluding carboxylic acids is 1. The van der Waals surface area contributed by atoms with E-state index in [0.717, 1.165) is 12.8 Å². The molecular weight excluding hydrogens is 226 g/mol. The Balaban J connectivity index is 2.47. The van der Waals surface area contributed by atoms with Crippen LogP contribution >= 0.6 is 0 Å². The Hall–Kier alpha value is -1.35. The van der Waals surface area contributed by atoms with Crippen LogP contribution in [-0.4, -0.2) is 24.7 Å². The number of hydrogen-bond donors (Lipinski definition) is 1. The number of rotatable bonds is 7. The highest BCUT2D eigenvalue weighted by atomic mass is 16.5. The van der Waals surface area contributed by atoms with E-state index in [1.54, 1.807) is 0 Å². The molecule has 0 radical (unpaired) electrons. The standard InChI is InChI=1S/C15H23NO2/c1-4-14(15(17)18-5-2)16-12(3)11-13-9-7-6-8-10-13/h6-10,12,14,16H,4-5,11H2,1-3H3. The van der Waals surface area contributed by atoms with E-state index in [-0.39, 0.29) is 18.1 Å². The van der Waals surface area contributed by atoms with Gasteiger partial charge in [0.2, 0.25) is 0 Å². The topological polar surface area (TPSA) is 38.3 Å². The molecule has 0 aliphatic carbocycles. The van der Waals surface area contributed by atoms with Crippen LogP contribution < -0.4 is 5.32 Å². The van der Waals surface area contributed by atoms with Gasteiger partial charge < -0.3 is 10.1 Å². The van der Waals surface area contributed by atoms with E-state index in [1.165, 1.54) is 5.56 Å². The Labute approximate surface area is 110 Å². The van der Waals surface area contributed by atoms with Gasteiger partial charge in [-0.05, 0) is 32.3 Å². The van der Waals surface area contributed by atoms with Gasteiger partial charge in [-0.25, -0.2) is 0 Å². The molecule has 0 spiro atoms. The second kappa shape index (κ2) is 7.88. The average molecular weight is 249 g/mol. The van der Waals surface area contributed by atoms with Crippen molar-refractivity contribution >= 4 is 5.97 Å². The van der Waals surface area contributed by atoms with E-state index in [1.807, 2.05) is 32.0 Å². The number of esters is 1. The molecule has 0 bridgehead atoms. The molecule has 3 heteroatoms. The molecule has 0 amide bonds. The predicted molar refractivity (Wildman–Crippen MR) is 73.5 cm³/mol. The minimum Gasteiger partial charge on any atom is -0.465 e. The molecule has 3 nitrogen and oxygen atoms in total. The zero-order valence-electron chi connectivity index (χ0n) is 11.5. The quantitative estimate of drug-likeness (QED) is 0.755. The maximum Gasteiger partial charge on any atom is 0.323 e. The number of carbonyl (C=O) groups is 1. The monoisotopic (exact) mass is 249 g/mol. The van der Waals surface area contributed by atoms with Crippen molar-refractivity contribution in [2.45, 2.75) is 45.7 Å². The molecule has 100 valence electrons. The van der Waals surface area contributed by atoms with Crippen molar-refractivity contribution in [2.75, 3.05) is 6.61 Å². The summed E-state index contributed by atoms with van der Waals surface area (Å²) in [5.74, 6) is -0.153. The summed E-state index contributed by atoms with van der Waals surface area (Å²) in [7, 11) is 0. The first kappa shape index (κ1) is 14.7. The lowest BCUT2D eigenvalue weighted by molar-refractivity contribution is -0.145. The normalized spacial score (nSPS) is 13.9. The Morgan fingerprint density at radius 3 is 2.50 bits per heavy atom. The molecule has 1 rings (SSSR count). The van der Waals surface area contributed by atoms with Crippen molar-refractivity contribution in [1.82, 2.24) is 5.32 Å². The van der Waals surface area contributed by atoms with E-state index in [4.69, 9.17) is 4.74 Å². The van der Waals surface area contributed by atoms with Gasteiger partial charge in [-0.3, -0.25) is 4.79 Å². The molecule has 0 fully saturated rings. The highest BCUT2D eigenvalue weighted by Crippen LogP contribution is 2.05. The average Bonchev–Trinajstić information content (AvgIpc) is 2.37. The summed E-state index contributed by atoms with van der Waals surface area (Å²) in [6.45, 7) is 6.35. The molecule has 0 heterocycles. The van der Waals surface area contributed by atoms with Crippen LogP contribution in [-0.2, 0) is 16.0 Å². The lowest BCUT2D eigenvalue weighted by Crippen LogP contribution is -2.43. The van der Waals surface area contributed by atoms with Crippen molar-refractivity contribution in [3.8, 4) is 0 Å². The van der Waals surface area contributed by atoms with Crippen LogP contribution in [0.5, 0.6) is 0 Å². The van der Waals surface area contributed by atoms with Crippen LogP contribution in [0.1, 0.15) is 32.8 Å². The molecule has 0 aromatic heterocycles. The third-order valence-corrected chi connectivity index (χ3v) is 2.85. The van der Waals surface area contributed by atoms with Gasteiger partial charge in [0.15, 0.2) is 0 Å². The Bertz CT molecular complexity index is 351. The summed E-state index contributed by atoms with van der Waals surface area (Å²) in [5, 5.41) is 3.33. The number of hydrogen-bond acceptors (Lipinski definition) is 3. The summed E-state index contributed by atoms with van der Waals surface area (Å²) in [6.07, 6.45) is 1.66. The summed E-state index contributed by atoms with van der Waals surface area (Å²) in [5.41, 5.74) is 1.27. The van der Waals surface area contributed by atoms with Crippen LogP contribution in [0.2, 0.25) is 0 Å². The first-order valence-corrected chi connectivity index (χ1v) is 6.64. The van der Waals surface area contributed by atoms with Gasteiger partial charge in [-0.1, -0.05) is 37.3 Å². The molecule has 0 saturated carbocycles. The van der Waals surface area contributed by atoms with Crippen molar-refractivity contribution in [3.63, 3.8) is 0 Å². The van der Waals surface area contributed by atoms with E-state index in [2.05, 4.69) is 24.4 Å². The molecule has 1 aromatic carbocycles. The van der Waals surface area contributed by atoms with Crippen molar-refractivity contribution in [2.24, 2.45) is 0 Å². The molecule has 0 saturated heterocycles. The van der Waals surface area contributed by atoms with Crippen LogP contribution in [0, 0.1) is 0 Å². The molecule has 1 N–H and O–H groups in total. The Morgan fingerprint density at radius 2 is 1.94 bits per heavy atom. The van der Waals surface area contributed by atoms with Gasteiger partial charge in [-0.15, -0.1) is 0 Å². The first-order chi connectivity index (χ1) is 8.67. The molecule has 2 atom stereocenters. The second-order valence-electron chi connectivity index (χ2n) is 4.47. The lowest BCUT2D eigenvalue weighted by atomic mass is 10.1. The summed E-state index contributed by atoms with van der Waals surface area (Å²) < 4.78 is 5.04. The fraction of sp³-hybridized carbons (Fsp3) is 0.533. The minimum absolute atomic E-state index is 0.153. The molecule has 0 aliphatic rings. The largest absolute Gasteiger partial charge is 0.465 e. The lowest BCUT2D eigenvalue weighted by Gasteiger charge is -2.20. The van der Waals surface area contributed by atoms with Crippen LogP contribution in [0.25, 0.3) is 0 Å².